The molecule has 1 heterocycles. The second kappa shape index (κ2) is 7.52. The molecular formula is C12H20N2OS. The maximum Gasteiger partial charge on any atom is 0.0666 e. The molecule has 1 rings (SSSR count). The third kappa shape index (κ3) is 4.41. The summed E-state index contributed by atoms with van der Waals surface area (Å²) in [5.41, 5.74) is 1.10. The summed E-state index contributed by atoms with van der Waals surface area (Å²) in [6.07, 6.45) is 5.60. The second-order valence-corrected chi connectivity index (χ2v) is 4.89. The maximum atomic E-state index is 8.76. The van der Waals surface area contributed by atoms with Crippen molar-refractivity contribution < 1.29 is 5.11 Å². The van der Waals surface area contributed by atoms with Gasteiger partial charge < -0.3 is 10.4 Å². The van der Waals surface area contributed by atoms with Gasteiger partial charge in [0.1, 0.15) is 0 Å². The van der Waals surface area contributed by atoms with Gasteiger partial charge >= 0.3 is 0 Å². The molecule has 0 radical (unpaired) electrons. The van der Waals surface area contributed by atoms with Gasteiger partial charge in [-0.15, -0.1) is 11.8 Å². The van der Waals surface area contributed by atoms with Crippen LogP contribution in [0.15, 0.2) is 23.4 Å². The van der Waals surface area contributed by atoms with Gasteiger partial charge in [0, 0.05) is 29.5 Å². The van der Waals surface area contributed by atoms with Crippen LogP contribution in [0, 0.1) is 0 Å². The number of hydrogen-bond donors (Lipinski definition) is 2. The van der Waals surface area contributed by atoms with Crippen LogP contribution >= 0.6 is 11.8 Å². The highest BCUT2D eigenvalue weighted by Gasteiger charge is 2.05. The zero-order chi connectivity index (χ0) is 11.8. The Labute approximate surface area is 102 Å². The smallest absolute Gasteiger partial charge is 0.0666 e. The van der Waals surface area contributed by atoms with E-state index in [4.69, 9.17) is 5.11 Å². The Balaban J connectivity index is 2.60. The lowest BCUT2D eigenvalue weighted by Crippen LogP contribution is -2.14. The lowest BCUT2D eigenvalue weighted by atomic mass is 10.2. The molecule has 0 saturated carbocycles. The van der Waals surface area contributed by atoms with Gasteiger partial charge in [0.05, 0.1) is 11.9 Å². The average molecular weight is 240 g/mol. The Kier molecular flexibility index (Phi) is 6.26. The van der Waals surface area contributed by atoms with Crippen molar-refractivity contribution in [3.63, 3.8) is 0 Å². The first-order valence-electron chi connectivity index (χ1n) is 5.72. The molecule has 0 aliphatic carbocycles. The van der Waals surface area contributed by atoms with Crippen LogP contribution in [0.5, 0.6) is 0 Å². The fourth-order valence-corrected chi connectivity index (χ4v) is 2.15. The molecule has 1 unspecified atom stereocenters. The molecule has 90 valence electrons. The van der Waals surface area contributed by atoms with E-state index in [-0.39, 0.29) is 6.61 Å². The van der Waals surface area contributed by atoms with Crippen molar-refractivity contribution in [2.24, 2.45) is 0 Å². The van der Waals surface area contributed by atoms with Crippen LogP contribution in [0.3, 0.4) is 0 Å². The van der Waals surface area contributed by atoms with E-state index < -0.39 is 0 Å². The van der Waals surface area contributed by atoms with Gasteiger partial charge in [0.25, 0.3) is 0 Å². The van der Waals surface area contributed by atoms with E-state index in [1.807, 2.05) is 18.5 Å². The third-order valence-electron chi connectivity index (χ3n) is 2.36. The first kappa shape index (κ1) is 13.3. The highest BCUT2D eigenvalue weighted by molar-refractivity contribution is 7.99. The number of nitrogens with zero attached hydrogens (tertiary/aromatic N) is 1. The Morgan fingerprint density at radius 3 is 3.06 bits per heavy atom. The first-order chi connectivity index (χ1) is 7.77. The highest BCUT2D eigenvalue weighted by atomic mass is 32.2. The van der Waals surface area contributed by atoms with Crippen molar-refractivity contribution in [2.45, 2.75) is 37.6 Å². The summed E-state index contributed by atoms with van der Waals surface area (Å²) in [5, 5.41) is 12.2. The van der Waals surface area contributed by atoms with Crippen LogP contribution in [-0.2, 0) is 0 Å². The normalized spacial score (nSPS) is 12.4. The molecule has 1 atom stereocenters. The van der Waals surface area contributed by atoms with E-state index in [0.717, 1.165) is 24.3 Å². The zero-order valence-electron chi connectivity index (χ0n) is 9.94. The molecule has 0 saturated heterocycles. The average Bonchev–Trinajstić information content (AvgIpc) is 2.31. The van der Waals surface area contributed by atoms with Crippen molar-refractivity contribution in [1.82, 2.24) is 4.98 Å². The van der Waals surface area contributed by atoms with Crippen LogP contribution in [0.2, 0.25) is 0 Å². The van der Waals surface area contributed by atoms with Crippen molar-refractivity contribution in [2.75, 3.05) is 17.7 Å². The number of rotatable bonds is 7. The summed E-state index contributed by atoms with van der Waals surface area (Å²) >= 11 is 1.76. The van der Waals surface area contributed by atoms with E-state index in [0.29, 0.717) is 6.04 Å². The number of nitrogens with one attached hydrogen (secondary N) is 1. The highest BCUT2D eigenvalue weighted by Crippen LogP contribution is 2.27. The minimum absolute atomic E-state index is 0.256. The summed E-state index contributed by atoms with van der Waals surface area (Å²) in [6, 6.07) is 2.48. The summed E-state index contributed by atoms with van der Waals surface area (Å²) in [7, 11) is 0. The SMILES string of the molecule is CCC(C)Nc1cnccc1SCCCO. The molecule has 1 aromatic rings. The number of pyridine rings is 1. The van der Waals surface area contributed by atoms with Crippen LogP contribution in [-0.4, -0.2) is 28.5 Å². The van der Waals surface area contributed by atoms with E-state index in [1.165, 1.54) is 4.90 Å². The minimum Gasteiger partial charge on any atom is -0.396 e. The van der Waals surface area contributed by atoms with Gasteiger partial charge in [0.15, 0.2) is 0 Å². The molecule has 0 bridgehead atoms. The van der Waals surface area contributed by atoms with Crippen molar-refractivity contribution >= 4 is 17.4 Å². The fraction of sp³-hybridized carbons (Fsp3) is 0.583. The maximum absolute atomic E-state index is 8.76. The number of thioether (sulfide) groups is 1. The van der Waals surface area contributed by atoms with Crippen LogP contribution in [0.1, 0.15) is 26.7 Å². The quantitative estimate of drug-likeness (QED) is 0.568. The van der Waals surface area contributed by atoms with Gasteiger partial charge in [-0.1, -0.05) is 6.92 Å². The Bertz CT molecular complexity index is 307. The van der Waals surface area contributed by atoms with Gasteiger partial charge in [0.2, 0.25) is 0 Å². The summed E-state index contributed by atoms with van der Waals surface area (Å²) in [4.78, 5) is 5.35. The lowest BCUT2D eigenvalue weighted by Gasteiger charge is -2.15. The molecule has 16 heavy (non-hydrogen) atoms. The lowest BCUT2D eigenvalue weighted by molar-refractivity contribution is 0.296. The van der Waals surface area contributed by atoms with E-state index in [9.17, 15) is 0 Å². The van der Waals surface area contributed by atoms with Crippen LogP contribution in [0.4, 0.5) is 5.69 Å². The van der Waals surface area contributed by atoms with E-state index in [2.05, 4.69) is 24.1 Å². The van der Waals surface area contributed by atoms with Crippen LogP contribution < -0.4 is 5.32 Å². The predicted molar refractivity (Wildman–Crippen MR) is 70.0 cm³/mol. The third-order valence-corrected chi connectivity index (χ3v) is 3.52. The number of aromatic nitrogens is 1. The summed E-state index contributed by atoms with van der Waals surface area (Å²) in [6.45, 7) is 4.58. The molecule has 0 aromatic carbocycles. The molecule has 0 aliphatic rings. The summed E-state index contributed by atoms with van der Waals surface area (Å²) in [5.74, 6) is 0.940. The molecular weight excluding hydrogens is 220 g/mol. The molecule has 1 aromatic heterocycles. The molecule has 0 fully saturated rings. The summed E-state index contributed by atoms with van der Waals surface area (Å²) < 4.78 is 0. The minimum atomic E-state index is 0.256. The van der Waals surface area contributed by atoms with Crippen molar-refractivity contribution in [3.8, 4) is 0 Å². The van der Waals surface area contributed by atoms with Crippen molar-refractivity contribution in [3.05, 3.63) is 18.5 Å². The Hall–Kier alpha value is -0.740. The molecule has 4 heteroatoms. The van der Waals surface area contributed by atoms with Gasteiger partial charge in [-0.05, 0) is 25.8 Å². The van der Waals surface area contributed by atoms with Gasteiger partial charge in [-0.25, -0.2) is 0 Å². The van der Waals surface area contributed by atoms with Crippen LogP contribution in [0.25, 0.3) is 0 Å². The Morgan fingerprint density at radius 1 is 1.56 bits per heavy atom. The first-order valence-corrected chi connectivity index (χ1v) is 6.70. The molecule has 0 amide bonds. The van der Waals surface area contributed by atoms with Gasteiger partial charge in [-0.2, -0.15) is 0 Å². The van der Waals surface area contributed by atoms with Crippen molar-refractivity contribution in [1.29, 1.82) is 0 Å². The second-order valence-electron chi connectivity index (χ2n) is 3.75. The fourth-order valence-electron chi connectivity index (χ4n) is 1.23. The van der Waals surface area contributed by atoms with E-state index in [1.54, 1.807) is 11.8 Å². The zero-order valence-corrected chi connectivity index (χ0v) is 10.8. The monoisotopic (exact) mass is 240 g/mol. The number of hydrogen-bond acceptors (Lipinski definition) is 4. The van der Waals surface area contributed by atoms with E-state index >= 15 is 0 Å². The largest absolute Gasteiger partial charge is 0.396 e. The van der Waals surface area contributed by atoms with Gasteiger partial charge in [-0.3, -0.25) is 4.98 Å². The number of aliphatic hydroxyl groups is 1. The topological polar surface area (TPSA) is 45.2 Å². The standard InChI is InChI=1S/C12H20N2OS/c1-3-10(2)14-11-9-13-6-5-12(11)16-8-4-7-15/h5-6,9-10,14-15H,3-4,7-8H2,1-2H3. The molecule has 0 spiro atoms. The molecule has 3 nitrogen and oxygen atoms in total. The Morgan fingerprint density at radius 2 is 2.38 bits per heavy atom. The number of anilines is 1. The number of aliphatic hydroxyl groups excluding tert-OH is 1. The molecule has 0 aliphatic heterocycles. The molecule has 2 N–H and O–H groups in total. The predicted octanol–water partition coefficient (Wildman–Crippen LogP) is 2.77.